The van der Waals surface area contributed by atoms with Gasteiger partial charge in [-0.15, -0.1) is 0 Å². The topological polar surface area (TPSA) is 119 Å². The second-order valence-electron chi connectivity index (χ2n) is 5.15. The molecule has 1 aliphatic rings. The van der Waals surface area contributed by atoms with Gasteiger partial charge in [-0.1, -0.05) is 0 Å². The third-order valence-electron chi connectivity index (χ3n) is 3.56. The van der Waals surface area contributed by atoms with E-state index in [0.29, 0.717) is 6.54 Å². The number of amides is 1. The zero-order chi connectivity index (χ0) is 18.2. The average Bonchev–Trinajstić information content (AvgIpc) is 2.77. The van der Waals surface area contributed by atoms with Gasteiger partial charge in [0.2, 0.25) is 5.91 Å². The minimum Gasteiger partial charge on any atom is -0.362 e. The predicted octanol–water partition coefficient (Wildman–Crippen LogP) is 2.16. The van der Waals surface area contributed by atoms with E-state index in [-0.39, 0.29) is 18.6 Å². The molecule has 1 aromatic rings. The van der Waals surface area contributed by atoms with Crippen LogP contribution in [0.4, 0.5) is 30.2 Å². The number of benzene rings is 1. The van der Waals surface area contributed by atoms with E-state index < -0.39 is 50.6 Å². The van der Waals surface area contributed by atoms with E-state index in [0.717, 1.165) is 0 Å². The molecule has 2 rings (SSSR count). The van der Waals surface area contributed by atoms with Crippen molar-refractivity contribution in [1.82, 2.24) is 4.90 Å². The number of halogens is 3. The van der Waals surface area contributed by atoms with Gasteiger partial charge in [0, 0.05) is 25.7 Å². The quantitative estimate of drug-likeness (QED) is 0.658. The fraction of sp³-hybridized carbons (Fsp3) is 0.417. The van der Waals surface area contributed by atoms with Crippen molar-refractivity contribution in [2.24, 2.45) is 0 Å². The summed E-state index contributed by atoms with van der Waals surface area (Å²) in [5.74, 6) is -0.460. The number of hydrogen-bond donors (Lipinski definition) is 1. The zero-order valence-corrected chi connectivity index (χ0v) is 12.2. The first-order chi connectivity index (χ1) is 11.0. The van der Waals surface area contributed by atoms with Crippen LogP contribution in [0.15, 0.2) is 12.1 Å². The maximum atomic E-state index is 12.8. The number of nitro benzene ring substituents is 2. The van der Waals surface area contributed by atoms with Crippen molar-refractivity contribution in [2.75, 3.05) is 18.9 Å². The Bertz CT molecular complexity index is 686. The van der Waals surface area contributed by atoms with E-state index in [1.807, 2.05) is 0 Å². The predicted molar refractivity (Wildman–Crippen MR) is 74.4 cm³/mol. The van der Waals surface area contributed by atoms with Crippen molar-refractivity contribution in [1.29, 1.82) is 0 Å². The van der Waals surface area contributed by atoms with Gasteiger partial charge in [0.15, 0.2) is 5.69 Å². The van der Waals surface area contributed by atoms with Crippen LogP contribution in [0.3, 0.4) is 0 Å². The van der Waals surface area contributed by atoms with E-state index >= 15 is 0 Å². The first-order valence-electron chi connectivity index (χ1n) is 6.58. The van der Waals surface area contributed by atoms with E-state index in [1.54, 1.807) is 0 Å². The summed E-state index contributed by atoms with van der Waals surface area (Å²) in [6.07, 6.45) is -4.78. The molecule has 1 fully saturated rings. The molecule has 24 heavy (non-hydrogen) atoms. The first kappa shape index (κ1) is 17.4. The number of alkyl halides is 3. The van der Waals surface area contributed by atoms with Crippen LogP contribution < -0.4 is 5.32 Å². The highest BCUT2D eigenvalue weighted by molar-refractivity contribution is 5.89. The second-order valence-corrected chi connectivity index (χ2v) is 5.15. The standard InChI is InChI=1S/C12H11F3N4O5/c1-17-3-2-7(11(17)20)16-10-8(18(21)22)4-6(12(13,14)15)5-9(10)19(23)24/h4-5,7,16H,2-3H2,1H3. The van der Waals surface area contributed by atoms with Crippen LogP contribution in [0.1, 0.15) is 12.0 Å². The molecule has 1 aromatic carbocycles. The van der Waals surface area contributed by atoms with Crippen molar-refractivity contribution >= 4 is 23.0 Å². The highest BCUT2D eigenvalue weighted by atomic mass is 19.4. The number of nitrogens with one attached hydrogen (secondary N) is 1. The Kier molecular flexibility index (Phi) is 4.32. The fourth-order valence-corrected chi connectivity index (χ4v) is 2.34. The Morgan fingerprint density at radius 3 is 2.04 bits per heavy atom. The minimum absolute atomic E-state index is 0.207. The molecule has 0 saturated carbocycles. The molecule has 1 amide bonds. The molecule has 1 saturated heterocycles. The van der Waals surface area contributed by atoms with Gasteiger partial charge < -0.3 is 10.2 Å². The fourth-order valence-electron chi connectivity index (χ4n) is 2.34. The van der Waals surface area contributed by atoms with Crippen LogP contribution in [0, 0.1) is 20.2 Å². The van der Waals surface area contributed by atoms with Crippen LogP contribution in [0.5, 0.6) is 0 Å². The Labute approximate surface area is 132 Å². The minimum atomic E-state index is -4.99. The van der Waals surface area contributed by atoms with Crippen LogP contribution in [0.25, 0.3) is 0 Å². The summed E-state index contributed by atoms with van der Waals surface area (Å²) in [7, 11) is 1.47. The highest BCUT2D eigenvalue weighted by Crippen LogP contribution is 2.41. The molecule has 0 radical (unpaired) electrons. The lowest BCUT2D eigenvalue weighted by atomic mass is 10.1. The molecule has 9 nitrogen and oxygen atoms in total. The highest BCUT2D eigenvalue weighted by Gasteiger charge is 2.39. The molecule has 1 heterocycles. The van der Waals surface area contributed by atoms with E-state index in [4.69, 9.17) is 0 Å². The van der Waals surface area contributed by atoms with Crippen LogP contribution in [-0.4, -0.2) is 40.3 Å². The lowest BCUT2D eigenvalue weighted by Gasteiger charge is -2.15. The molecule has 1 aliphatic heterocycles. The Hall–Kier alpha value is -2.92. The van der Waals surface area contributed by atoms with Crippen LogP contribution in [-0.2, 0) is 11.0 Å². The molecule has 0 spiro atoms. The Balaban J connectivity index is 2.58. The van der Waals surface area contributed by atoms with Crippen molar-refractivity contribution in [3.63, 3.8) is 0 Å². The van der Waals surface area contributed by atoms with Gasteiger partial charge in [-0.3, -0.25) is 25.0 Å². The molecular weight excluding hydrogens is 337 g/mol. The van der Waals surface area contributed by atoms with Crippen LogP contribution in [0.2, 0.25) is 0 Å². The maximum absolute atomic E-state index is 12.8. The number of nitrogens with zero attached hydrogens (tertiary/aromatic N) is 3. The molecular formula is C12H11F3N4O5. The summed E-state index contributed by atoms with van der Waals surface area (Å²) in [4.78, 5) is 33.0. The number of likely N-dealkylation sites (tertiary alicyclic amines) is 1. The normalized spacial score (nSPS) is 17.9. The molecule has 0 aromatic heterocycles. The lowest BCUT2D eigenvalue weighted by molar-refractivity contribution is -0.392. The number of anilines is 1. The molecule has 0 aliphatic carbocycles. The average molecular weight is 348 g/mol. The molecule has 12 heteroatoms. The molecule has 1 N–H and O–H groups in total. The molecule has 0 bridgehead atoms. The van der Waals surface area contributed by atoms with Gasteiger partial charge in [0.25, 0.3) is 11.4 Å². The number of carbonyl (C=O) groups excluding carboxylic acids is 1. The second kappa shape index (κ2) is 5.94. The lowest BCUT2D eigenvalue weighted by Crippen LogP contribution is -2.31. The van der Waals surface area contributed by atoms with Gasteiger partial charge in [-0.05, 0) is 6.42 Å². The van der Waals surface area contributed by atoms with E-state index in [1.165, 1.54) is 11.9 Å². The van der Waals surface area contributed by atoms with Gasteiger partial charge >= 0.3 is 6.18 Å². The number of hydrogen-bond acceptors (Lipinski definition) is 6. The van der Waals surface area contributed by atoms with Crippen molar-refractivity contribution in [2.45, 2.75) is 18.6 Å². The number of likely N-dealkylation sites (N-methyl/N-ethyl adjacent to an activating group) is 1. The SMILES string of the molecule is CN1CCC(Nc2c([N+](=O)[O-])cc(C(F)(F)F)cc2[N+](=O)[O-])C1=O. The number of nitro groups is 2. The van der Waals surface area contributed by atoms with Gasteiger partial charge in [0.1, 0.15) is 6.04 Å². The van der Waals surface area contributed by atoms with Gasteiger partial charge in [-0.25, -0.2) is 0 Å². The smallest absolute Gasteiger partial charge is 0.362 e. The molecule has 1 atom stereocenters. The van der Waals surface area contributed by atoms with Crippen molar-refractivity contribution in [3.05, 3.63) is 37.9 Å². The summed E-state index contributed by atoms with van der Waals surface area (Å²) in [6, 6.07) is -0.569. The summed E-state index contributed by atoms with van der Waals surface area (Å²) in [6.45, 7) is 0.318. The monoisotopic (exact) mass is 348 g/mol. The Morgan fingerprint density at radius 1 is 1.21 bits per heavy atom. The summed E-state index contributed by atoms with van der Waals surface area (Å²) < 4.78 is 38.4. The van der Waals surface area contributed by atoms with E-state index in [9.17, 15) is 38.2 Å². The third-order valence-corrected chi connectivity index (χ3v) is 3.56. The van der Waals surface area contributed by atoms with Gasteiger partial charge in [0.05, 0.1) is 15.4 Å². The summed E-state index contributed by atoms with van der Waals surface area (Å²) in [5, 5.41) is 24.5. The molecule has 1 unspecified atom stereocenters. The van der Waals surface area contributed by atoms with Crippen LogP contribution >= 0.6 is 0 Å². The molecule has 130 valence electrons. The van der Waals surface area contributed by atoms with Gasteiger partial charge in [-0.2, -0.15) is 13.2 Å². The van der Waals surface area contributed by atoms with Crippen molar-refractivity contribution < 1.29 is 27.8 Å². The third kappa shape index (κ3) is 3.21. The number of rotatable bonds is 4. The van der Waals surface area contributed by atoms with E-state index in [2.05, 4.69) is 5.32 Å². The summed E-state index contributed by atoms with van der Waals surface area (Å²) in [5.41, 5.74) is -4.45. The van der Waals surface area contributed by atoms with Crippen molar-refractivity contribution in [3.8, 4) is 0 Å². The zero-order valence-electron chi connectivity index (χ0n) is 12.2. The first-order valence-corrected chi connectivity index (χ1v) is 6.58. The largest absolute Gasteiger partial charge is 0.416 e. The Morgan fingerprint density at radius 2 is 1.71 bits per heavy atom. The summed E-state index contributed by atoms with van der Waals surface area (Å²) >= 11 is 0. The number of carbonyl (C=O) groups is 1. The maximum Gasteiger partial charge on any atom is 0.416 e.